The first kappa shape index (κ1) is 18.8. The highest BCUT2D eigenvalue weighted by Gasteiger charge is 2.04. The van der Waals surface area contributed by atoms with Crippen molar-refractivity contribution in [2.24, 2.45) is 4.99 Å². The molecule has 0 bridgehead atoms. The third-order valence-corrected chi connectivity index (χ3v) is 3.79. The molecule has 0 spiro atoms. The standard InChI is InChI=1S/C20H26N2O3/c1-3-13-25-19-10-5-16(20(24)14-19)15-21-17-6-8-18(9-7-17)22(4-2)11-12-23/h5-10,14-15,23-24H,3-4,11-13H2,1-2H3. The van der Waals surface area contributed by atoms with Gasteiger partial charge in [0.25, 0.3) is 0 Å². The van der Waals surface area contributed by atoms with Gasteiger partial charge in [-0.2, -0.15) is 0 Å². The first-order valence-corrected chi connectivity index (χ1v) is 8.63. The van der Waals surface area contributed by atoms with Gasteiger partial charge in [0.15, 0.2) is 0 Å². The maximum Gasteiger partial charge on any atom is 0.128 e. The number of aliphatic hydroxyl groups excluding tert-OH is 1. The van der Waals surface area contributed by atoms with Gasteiger partial charge in [-0.1, -0.05) is 6.92 Å². The van der Waals surface area contributed by atoms with Crippen LogP contribution in [0.5, 0.6) is 11.5 Å². The van der Waals surface area contributed by atoms with Crippen molar-refractivity contribution in [3.63, 3.8) is 0 Å². The van der Waals surface area contributed by atoms with E-state index in [1.165, 1.54) is 0 Å². The zero-order chi connectivity index (χ0) is 18.1. The minimum atomic E-state index is 0.130. The highest BCUT2D eigenvalue weighted by atomic mass is 16.5. The first-order chi connectivity index (χ1) is 12.2. The molecular formula is C20H26N2O3. The molecule has 0 amide bonds. The van der Waals surface area contributed by atoms with Crippen LogP contribution < -0.4 is 9.64 Å². The molecule has 2 N–H and O–H groups in total. The van der Waals surface area contributed by atoms with Gasteiger partial charge < -0.3 is 19.8 Å². The average Bonchev–Trinajstić information content (AvgIpc) is 2.64. The summed E-state index contributed by atoms with van der Waals surface area (Å²) in [6.45, 7) is 6.30. The van der Waals surface area contributed by atoms with Gasteiger partial charge in [0, 0.05) is 36.6 Å². The minimum Gasteiger partial charge on any atom is -0.507 e. The smallest absolute Gasteiger partial charge is 0.128 e. The van der Waals surface area contributed by atoms with E-state index in [-0.39, 0.29) is 12.4 Å². The number of rotatable bonds is 9. The number of ether oxygens (including phenoxy) is 1. The summed E-state index contributed by atoms with van der Waals surface area (Å²) in [6, 6.07) is 13.0. The number of hydrogen-bond acceptors (Lipinski definition) is 5. The summed E-state index contributed by atoms with van der Waals surface area (Å²) in [5.74, 6) is 0.804. The number of likely N-dealkylation sites (N-methyl/N-ethyl adjacent to an activating group) is 1. The van der Waals surface area contributed by atoms with Gasteiger partial charge in [0.05, 0.1) is 18.9 Å². The number of benzene rings is 2. The summed E-state index contributed by atoms with van der Waals surface area (Å²) in [5, 5.41) is 19.2. The summed E-state index contributed by atoms with van der Waals surface area (Å²) >= 11 is 0. The second-order valence-electron chi connectivity index (χ2n) is 5.65. The van der Waals surface area contributed by atoms with Gasteiger partial charge in [-0.05, 0) is 49.7 Å². The Morgan fingerprint density at radius 3 is 2.48 bits per heavy atom. The SMILES string of the molecule is CCCOc1ccc(C=Nc2ccc(N(CC)CCO)cc2)c(O)c1. The van der Waals surface area contributed by atoms with Crippen molar-refractivity contribution < 1.29 is 14.9 Å². The minimum absolute atomic E-state index is 0.130. The van der Waals surface area contributed by atoms with Crippen molar-refractivity contribution in [2.45, 2.75) is 20.3 Å². The third-order valence-electron chi connectivity index (χ3n) is 3.79. The fourth-order valence-electron chi connectivity index (χ4n) is 2.43. The predicted molar refractivity (Wildman–Crippen MR) is 103 cm³/mol. The number of aromatic hydroxyl groups is 1. The van der Waals surface area contributed by atoms with Crippen molar-refractivity contribution in [2.75, 3.05) is 31.2 Å². The van der Waals surface area contributed by atoms with Crippen molar-refractivity contribution in [1.82, 2.24) is 0 Å². The fourth-order valence-corrected chi connectivity index (χ4v) is 2.43. The molecule has 0 heterocycles. The topological polar surface area (TPSA) is 65.3 Å². The molecule has 0 aromatic heterocycles. The summed E-state index contributed by atoms with van der Waals surface area (Å²) < 4.78 is 5.49. The molecule has 0 unspecified atom stereocenters. The Morgan fingerprint density at radius 2 is 1.88 bits per heavy atom. The Balaban J connectivity index is 2.06. The lowest BCUT2D eigenvalue weighted by atomic mass is 10.2. The monoisotopic (exact) mass is 342 g/mol. The quantitative estimate of drug-likeness (QED) is 0.681. The van der Waals surface area contributed by atoms with Crippen LogP contribution >= 0.6 is 0 Å². The number of nitrogens with zero attached hydrogens (tertiary/aromatic N) is 2. The number of aliphatic imine (C=N–C) groups is 1. The highest BCUT2D eigenvalue weighted by Crippen LogP contribution is 2.24. The molecule has 2 rings (SSSR count). The molecule has 0 aliphatic heterocycles. The van der Waals surface area contributed by atoms with Gasteiger partial charge >= 0.3 is 0 Å². The van der Waals surface area contributed by atoms with Crippen LogP contribution in [-0.2, 0) is 0 Å². The normalized spacial score (nSPS) is 11.0. The van der Waals surface area contributed by atoms with E-state index in [1.807, 2.05) is 37.3 Å². The molecule has 0 saturated heterocycles. The lowest BCUT2D eigenvalue weighted by Crippen LogP contribution is -2.25. The Hall–Kier alpha value is -2.53. The number of anilines is 1. The van der Waals surface area contributed by atoms with Gasteiger partial charge in [0.1, 0.15) is 11.5 Å². The van der Waals surface area contributed by atoms with Crippen LogP contribution in [0.4, 0.5) is 11.4 Å². The van der Waals surface area contributed by atoms with Crippen molar-refractivity contribution in [1.29, 1.82) is 0 Å². The molecule has 134 valence electrons. The molecule has 0 aliphatic carbocycles. The molecule has 0 atom stereocenters. The molecule has 5 nitrogen and oxygen atoms in total. The zero-order valence-corrected chi connectivity index (χ0v) is 14.9. The predicted octanol–water partition coefficient (Wildman–Crippen LogP) is 3.75. The summed E-state index contributed by atoms with van der Waals surface area (Å²) in [5.41, 5.74) is 2.49. The molecule has 5 heteroatoms. The van der Waals surface area contributed by atoms with Crippen LogP contribution in [0.1, 0.15) is 25.8 Å². The highest BCUT2D eigenvalue weighted by molar-refractivity contribution is 5.85. The van der Waals surface area contributed by atoms with E-state index >= 15 is 0 Å². The fraction of sp³-hybridized carbons (Fsp3) is 0.350. The van der Waals surface area contributed by atoms with E-state index in [0.29, 0.717) is 24.5 Å². The Kier molecular flexibility index (Phi) is 7.29. The Bertz CT molecular complexity index is 684. The molecule has 2 aromatic carbocycles. The molecule has 2 aromatic rings. The lowest BCUT2D eigenvalue weighted by molar-refractivity contribution is 0.302. The largest absolute Gasteiger partial charge is 0.507 e. The van der Waals surface area contributed by atoms with E-state index in [2.05, 4.69) is 16.8 Å². The maximum absolute atomic E-state index is 10.1. The Morgan fingerprint density at radius 1 is 1.12 bits per heavy atom. The molecular weight excluding hydrogens is 316 g/mol. The van der Waals surface area contributed by atoms with Crippen LogP contribution in [0, 0.1) is 0 Å². The van der Waals surface area contributed by atoms with Crippen LogP contribution in [0.3, 0.4) is 0 Å². The van der Waals surface area contributed by atoms with Gasteiger partial charge in [-0.25, -0.2) is 0 Å². The zero-order valence-electron chi connectivity index (χ0n) is 14.9. The lowest BCUT2D eigenvalue weighted by Gasteiger charge is -2.21. The van der Waals surface area contributed by atoms with E-state index in [1.54, 1.807) is 18.3 Å². The van der Waals surface area contributed by atoms with E-state index in [9.17, 15) is 5.11 Å². The van der Waals surface area contributed by atoms with Crippen LogP contribution in [0.25, 0.3) is 0 Å². The van der Waals surface area contributed by atoms with E-state index in [4.69, 9.17) is 9.84 Å². The van der Waals surface area contributed by atoms with Crippen LogP contribution in [0.15, 0.2) is 47.5 Å². The Labute approximate surface area is 149 Å². The van der Waals surface area contributed by atoms with Gasteiger partial charge in [-0.3, -0.25) is 4.99 Å². The molecule has 25 heavy (non-hydrogen) atoms. The molecule has 0 aliphatic rings. The summed E-state index contributed by atoms with van der Waals surface area (Å²) in [4.78, 5) is 6.50. The second kappa shape index (κ2) is 9.69. The molecule has 0 radical (unpaired) electrons. The number of phenols is 1. The maximum atomic E-state index is 10.1. The average molecular weight is 342 g/mol. The van der Waals surface area contributed by atoms with Crippen LogP contribution in [0.2, 0.25) is 0 Å². The van der Waals surface area contributed by atoms with E-state index in [0.717, 1.165) is 24.3 Å². The van der Waals surface area contributed by atoms with Gasteiger partial charge in [-0.15, -0.1) is 0 Å². The van der Waals surface area contributed by atoms with Crippen molar-refractivity contribution in [3.05, 3.63) is 48.0 Å². The molecule has 0 fully saturated rings. The van der Waals surface area contributed by atoms with Crippen LogP contribution in [-0.4, -0.2) is 42.7 Å². The third kappa shape index (κ3) is 5.50. The van der Waals surface area contributed by atoms with E-state index < -0.39 is 0 Å². The summed E-state index contributed by atoms with van der Waals surface area (Å²) in [6.07, 6.45) is 2.56. The number of hydrogen-bond donors (Lipinski definition) is 2. The van der Waals surface area contributed by atoms with Crippen molar-refractivity contribution in [3.8, 4) is 11.5 Å². The molecule has 0 saturated carbocycles. The number of phenolic OH excluding ortho intramolecular Hbond substituents is 1. The number of aliphatic hydroxyl groups is 1. The first-order valence-electron chi connectivity index (χ1n) is 8.63. The van der Waals surface area contributed by atoms with Gasteiger partial charge in [0.2, 0.25) is 0 Å². The second-order valence-corrected chi connectivity index (χ2v) is 5.65. The van der Waals surface area contributed by atoms with Crippen molar-refractivity contribution >= 4 is 17.6 Å². The summed E-state index contributed by atoms with van der Waals surface area (Å²) in [7, 11) is 0.